The maximum absolute atomic E-state index is 13.8. The summed E-state index contributed by atoms with van der Waals surface area (Å²) in [4.78, 5) is 26.6. The molecule has 1 aromatic carbocycles. The van der Waals surface area contributed by atoms with E-state index in [9.17, 15) is 22.4 Å². The Morgan fingerprint density at radius 2 is 2.00 bits per heavy atom. The van der Waals surface area contributed by atoms with E-state index < -0.39 is 34.1 Å². The minimum absolute atomic E-state index is 0.00605. The van der Waals surface area contributed by atoms with Gasteiger partial charge in [-0.15, -0.1) is 0 Å². The van der Waals surface area contributed by atoms with E-state index in [1.165, 1.54) is 12.1 Å². The van der Waals surface area contributed by atoms with Gasteiger partial charge in [0.25, 0.3) is 5.91 Å². The van der Waals surface area contributed by atoms with Gasteiger partial charge in [-0.05, 0) is 32.3 Å². The Morgan fingerprint density at radius 3 is 2.61 bits per heavy atom. The van der Waals surface area contributed by atoms with Crippen molar-refractivity contribution in [2.75, 3.05) is 18.1 Å². The van der Waals surface area contributed by atoms with Crippen LogP contribution in [-0.4, -0.2) is 55.4 Å². The first-order valence-electron chi connectivity index (χ1n) is 9.13. The fourth-order valence-electron chi connectivity index (χ4n) is 3.72. The van der Waals surface area contributed by atoms with Gasteiger partial charge in [-0.3, -0.25) is 4.79 Å². The van der Waals surface area contributed by atoms with E-state index in [0.29, 0.717) is 17.4 Å². The Labute approximate surface area is 161 Å². The number of halogens is 1. The van der Waals surface area contributed by atoms with E-state index >= 15 is 0 Å². The van der Waals surface area contributed by atoms with Crippen LogP contribution in [-0.2, 0) is 19.4 Å². The molecule has 4 rings (SSSR count). The van der Waals surface area contributed by atoms with Crippen LogP contribution in [0.3, 0.4) is 0 Å². The van der Waals surface area contributed by atoms with E-state index in [0.717, 1.165) is 12.8 Å². The first-order valence-corrected chi connectivity index (χ1v) is 11.0. The molecule has 150 valence electrons. The number of nitrogens with zero attached hydrogens (tertiary/aromatic N) is 1. The number of hydrogen-bond acceptors (Lipinski definition) is 6. The Hall–Kier alpha value is -2.42. The highest BCUT2D eigenvalue weighted by molar-refractivity contribution is 7.91. The summed E-state index contributed by atoms with van der Waals surface area (Å²) in [6.07, 6.45) is 2.04. The summed E-state index contributed by atoms with van der Waals surface area (Å²) < 4.78 is 47.8. The van der Waals surface area contributed by atoms with Gasteiger partial charge in [0.1, 0.15) is 0 Å². The highest BCUT2D eigenvalue weighted by atomic mass is 32.2. The normalized spacial score (nSPS) is 21.0. The summed E-state index contributed by atoms with van der Waals surface area (Å²) in [7, 11) is -3.13. The molecule has 9 heteroatoms. The van der Waals surface area contributed by atoms with Crippen molar-refractivity contribution in [3.05, 3.63) is 35.3 Å². The third kappa shape index (κ3) is 3.50. The molecule has 1 atom stereocenters. The predicted octanol–water partition coefficient (Wildman–Crippen LogP) is 2.22. The van der Waals surface area contributed by atoms with Crippen LogP contribution in [0.4, 0.5) is 4.39 Å². The van der Waals surface area contributed by atoms with Gasteiger partial charge >= 0.3 is 5.97 Å². The van der Waals surface area contributed by atoms with Crippen LogP contribution in [0.25, 0.3) is 11.0 Å². The van der Waals surface area contributed by atoms with Gasteiger partial charge in [0, 0.05) is 23.0 Å². The molecule has 1 aliphatic heterocycles. The van der Waals surface area contributed by atoms with Crippen molar-refractivity contribution in [1.29, 1.82) is 0 Å². The first kappa shape index (κ1) is 18.9. The maximum Gasteiger partial charge on any atom is 0.375 e. The lowest BCUT2D eigenvalue weighted by Crippen LogP contribution is -2.44. The van der Waals surface area contributed by atoms with E-state index in [-0.39, 0.29) is 34.9 Å². The van der Waals surface area contributed by atoms with Gasteiger partial charge < -0.3 is 14.1 Å². The maximum atomic E-state index is 13.8. The quantitative estimate of drug-likeness (QED) is 0.703. The molecular formula is C19H20FNO6S. The fraction of sp³-hybridized carbons (Fsp3) is 0.474. The number of carbonyl (C=O) groups is 2. The van der Waals surface area contributed by atoms with E-state index in [1.807, 2.05) is 0 Å². The van der Waals surface area contributed by atoms with Crippen LogP contribution in [0.2, 0.25) is 0 Å². The second-order valence-electron chi connectivity index (χ2n) is 7.34. The smallest absolute Gasteiger partial charge is 0.375 e. The fourth-order valence-corrected chi connectivity index (χ4v) is 5.44. The number of para-hydroxylation sites is 1. The highest BCUT2D eigenvalue weighted by Gasteiger charge is 2.42. The van der Waals surface area contributed by atoms with Gasteiger partial charge in [0.05, 0.1) is 11.5 Å². The van der Waals surface area contributed by atoms with E-state index in [2.05, 4.69) is 0 Å². The second kappa shape index (κ2) is 6.88. The third-order valence-electron chi connectivity index (χ3n) is 5.26. The molecule has 0 N–H and O–H groups in total. The molecule has 0 unspecified atom stereocenters. The lowest BCUT2D eigenvalue weighted by molar-refractivity contribution is -0.137. The molecule has 0 bridgehead atoms. The van der Waals surface area contributed by atoms with Crippen LogP contribution in [0, 0.1) is 12.7 Å². The summed E-state index contributed by atoms with van der Waals surface area (Å²) in [6.45, 7) is 1.11. The van der Waals surface area contributed by atoms with Gasteiger partial charge in [0.15, 0.2) is 27.8 Å². The molecule has 28 heavy (non-hydrogen) atoms. The monoisotopic (exact) mass is 409 g/mol. The molecule has 2 fully saturated rings. The Balaban J connectivity index is 1.46. The molecule has 1 saturated carbocycles. The third-order valence-corrected chi connectivity index (χ3v) is 7.01. The molecule has 0 radical (unpaired) electrons. The second-order valence-corrected chi connectivity index (χ2v) is 9.57. The average molecular weight is 409 g/mol. The number of ether oxygens (including phenoxy) is 1. The number of fused-ring (bicyclic) bond motifs is 1. The van der Waals surface area contributed by atoms with Gasteiger partial charge in [0.2, 0.25) is 5.76 Å². The van der Waals surface area contributed by atoms with Gasteiger partial charge in [-0.25, -0.2) is 17.6 Å². The highest BCUT2D eigenvalue weighted by Crippen LogP contribution is 2.32. The van der Waals surface area contributed by atoms with Crippen molar-refractivity contribution >= 4 is 32.7 Å². The van der Waals surface area contributed by atoms with Crippen LogP contribution in [0.15, 0.2) is 22.6 Å². The van der Waals surface area contributed by atoms with Crippen LogP contribution in [0.5, 0.6) is 0 Å². The van der Waals surface area contributed by atoms with Crippen molar-refractivity contribution in [3.63, 3.8) is 0 Å². The molecule has 1 amide bonds. The van der Waals surface area contributed by atoms with Crippen molar-refractivity contribution in [2.45, 2.75) is 38.3 Å². The number of sulfone groups is 1. The molecule has 1 aromatic heterocycles. The zero-order valence-electron chi connectivity index (χ0n) is 15.3. The SMILES string of the molecule is Cc1c(C(=O)OCC(=O)N(C2CC2)[C@@H]2CCS(=O)(=O)C2)oc2c(F)cccc12. The number of hydrogen-bond donors (Lipinski definition) is 0. The predicted molar refractivity (Wildman–Crippen MR) is 98.1 cm³/mol. The number of rotatable bonds is 5. The standard InChI is InChI=1S/C19H20FNO6S/c1-11-14-3-2-4-15(20)18(14)27-17(11)19(23)26-9-16(22)21(12-5-6-12)13-7-8-28(24,25)10-13/h2-4,12-13H,5-10H2,1H3/t13-/m1/s1. The summed E-state index contributed by atoms with van der Waals surface area (Å²) in [5.74, 6) is -1.98. The van der Waals surface area contributed by atoms with E-state index in [1.54, 1.807) is 17.9 Å². The first-order chi connectivity index (χ1) is 13.3. The van der Waals surface area contributed by atoms with Crippen molar-refractivity contribution in [2.24, 2.45) is 0 Å². The van der Waals surface area contributed by atoms with Crippen LogP contribution >= 0.6 is 0 Å². The molecular weight excluding hydrogens is 389 g/mol. The molecule has 7 nitrogen and oxygen atoms in total. The van der Waals surface area contributed by atoms with Crippen molar-refractivity contribution in [1.82, 2.24) is 4.90 Å². The molecule has 1 aliphatic carbocycles. The molecule has 2 heterocycles. The number of benzene rings is 1. The zero-order valence-corrected chi connectivity index (χ0v) is 16.1. The molecule has 1 saturated heterocycles. The van der Waals surface area contributed by atoms with Crippen molar-refractivity contribution in [3.8, 4) is 0 Å². The summed E-state index contributed by atoms with van der Waals surface area (Å²) in [5.41, 5.74) is 0.405. The lowest BCUT2D eigenvalue weighted by atomic mass is 10.1. The lowest BCUT2D eigenvalue weighted by Gasteiger charge is -2.28. The minimum atomic E-state index is -3.13. The zero-order chi connectivity index (χ0) is 20.1. The number of furan rings is 1. The number of aryl methyl sites for hydroxylation is 1. The molecule has 2 aliphatic rings. The number of esters is 1. The Kier molecular flexibility index (Phi) is 4.65. The van der Waals surface area contributed by atoms with Gasteiger partial charge in [-0.1, -0.05) is 12.1 Å². The summed E-state index contributed by atoms with van der Waals surface area (Å²) in [6, 6.07) is 4.01. The topological polar surface area (TPSA) is 93.9 Å². The van der Waals surface area contributed by atoms with Crippen LogP contribution < -0.4 is 0 Å². The van der Waals surface area contributed by atoms with E-state index in [4.69, 9.17) is 9.15 Å². The largest absolute Gasteiger partial charge is 0.450 e. The van der Waals surface area contributed by atoms with Crippen molar-refractivity contribution < 1.29 is 31.6 Å². The molecule has 2 aromatic rings. The Morgan fingerprint density at radius 1 is 1.25 bits per heavy atom. The summed E-state index contributed by atoms with van der Waals surface area (Å²) >= 11 is 0. The van der Waals surface area contributed by atoms with Gasteiger partial charge in [-0.2, -0.15) is 0 Å². The number of carbonyl (C=O) groups excluding carboxylic acids is 2. The number of amides is 1. The minimum Gasteiger partial charge on any atom is -0.450 e. The Bertz CT molecular complexity index is 1060. The average Bonchev–Trinajstić information content (AvgIpc) is 3.32. The summed E-state index contributed by atoms with van der Waals surface area (Å²) in [5, 5.41) is 0.467. The van der Waals surface area contributed by atoms with Crippen LogP contribution in [0.1, 0.15) is 35.4 Å². The molecule has 0 spiro atoms.